The summed E-state index contributed by atoms with van der Waals surface area (Å²) in [6.45, 7) is 6.35. The minimum absolute atomic E-state index is 0.0723. The van der Waals surface area contributed by atoms with Crippen LogP contribution in [0.5, 0.6) is 0 Å². The van der Waals surface area contributed by atoms with Crippen LogP contribution in [0, 0.1) is 0 Å². The van der Waals surface area contributed by atoms with Gasteiger partial charge in [0, 0.05) is 20.1 Å². The van der Waals surface area contributed by atoms with E-state index in [9.17, 15) is 4.79 Å². The van der Waals surface area contributed by atoms with Gasteiger partial charge in [0.2, 0.25) is 0 Å². The quantitative estimate of drug-likeness (QED) is 0.541. The van der Waals surface area contributed by atoms with Crippen molar-refractivity contribution in [1.82, 2.24) is 10.0 Å². The molecule has 0 radical (unpaired) electrons. The van der Waals surface area contributed by atoms with Crippen molar-refractivity contribution in [3.8, 4) is 0 Å². The Labute approximate surface area is 72.4 Å². The second-order valence-electron chi connectivity index (χ2n) is 2.63. The fourth-order valence-corrected chi connectivity index (χ4v) is 1.13. The molecule has 1 saturated heterocycles. The third kappa shape index (κ3) is 2.06. The summed E-state index contributed by atoms with van der Waals surface area (Å²) in [7, 11) is 1.75. The lowest BCUT2D eigenvalue weighted by Gasteiger charge is -2.33. The summed E-state index contributed by atoms with van der Waals surface area (Å²) in [5.41, 5.74) is 0. The largest absolute Gasteiger partial charge is 0.379 e. The van der Waals surface area contributed by atoms with Crippen molar-refractivity contribution in [1.29, 1.82) is 0 Å². The molecule has 0 saturated carbocycles. The van der Waals surface area contributed by atoms with Crippen LogP contribution in [0.25, 0.3) is 0 Å². The van der Waals surface area contributed by atoms with Gasteiger partial charge in [0.1, 0.15) is 0 Å². The molecule has 0 aromatic carbocycles. The Hall–Kier alpha value is -0.870. The molecule has 0 unspecified atom stereocenters. The van der Waals surface area contributed by atoms with Gasteiger partial charge in [-0.05, 0) is 6.08 Å². The summed E-state index contributed by atoms with van der Waals surface area (Å²) in [4.78, 5) is 11.1. The van der Waals surface area contributed by atoms with Gasteiger partial charge in [-0.25, -0.2) is 5.01 Å². The van der Waals surface area contributed by atoms with Gasteiger partial charge < -0.3 is 4.74 Å². The summed E-state index contributed by atoms with van der Waals surface area (Å²) in [5.74, 6) is -0.0723. The van der Waals surface area contributed by atoms with Crippen LogP contribution in [-0.4, -0.2) is 49.3 Å². The lowest BCUT2D eigenvalue weighted by Crippen LogP contribution is -2.48. The number of likely N-dealkylation sites (N-methyl/N-ethyl adjacent to an activating group) is 1. The smallest absolute Gasteiger partial charge is 0.260 e. The van der Waals surface area contributed by atoms with Gasteiger partial charge in [-0.2, -0.15) is 0 Å². The highest BCUT2D eigenvalue weighted by molar-refractivity contribution is 5.86. The Balaban J connectivity index is 2.44. The van der Waals surface area contributed by atoms with Crippen molar-refractivity contribution in [2.45, 2.75) is 0 Å². The number of hydrogen-bond acceptors (Lipinski definition) is 3. The maximum Gasteiger partial charge on any atom is 0.260 e. The molecule has 0 atom stereocenters. The Kier molecular flexibility index (Phi) is 3.25. The van der Waals surface area contributed by atoms with E-state index < -0.39 is 0 Å². The van der Waals surface area contributed by atoms with Gasteiger partial charge in [0.25, 0.3) is 5.91 Å². The molecule has 1 aliphatic rings. The van der Waals surface area contributed by atoms with E-state index in [-0.39, 0.29) is 5.91 Å². The standard InChI is InChI=1S/C8H14N2O2/c1-3-8(11)9(2)10-4-6-12-7-5-10/h3H,1,4-7H2,2H3. The molecule has 0 aromatic rings. The molecule has 0 aliphatic carbocycles. The molecule has 1 amide bonds. The Bertz CT molecular complexity index is 176. The van der Waals surface area contributed by atoms with E-state index in [1.165, 1.54) is 6.08 Å². The molecule has 4 heteroatoms. The molecule has 4 nitrogen and oxygen atoms in total. The molecule has 0 aromatic heterocycles. The van der Waals surface area contributed by atoms with E-state index in [2.05, 4.69) is 6.58 Å². The fourth-order valence-electron chi connectivity index (χ4n) is 1.13. The van der Waals surface area contributed by atoms with Gasteiger partial charge in [0.15, 0.2) is 0 Å². The van der Waals surface area contributed by atoms with Crippen LogP contribution in [0.3, 0.4) is 0 Å². The SMILES string of the molecule is C=CC(=O)N(C)N1CCOCC1. The van der Waals surface area contributed by atoms with E-state index in [1.54, 1.807) is 12.1 Å². The van der Waals surface area contributed by atoms with Crippen LogP contribution in [-0.2, 0) is 9.53 Å². The normalized spacial score (nSPS) is 18.8. The lowest BCUT2D eigenvalue weighted by atomic mass is 10.5. The van der Waals surface area contributed by atoms with Gasteiger partial charge >= 0.3 is 0 Å². The Morgan fingerprint density at radius 3 is 2.67 bits per heavy atom. The number of ether oxygens (including phenoxy) is 1. The molecule has 12 heavy (non-hydrogen) atoms. The van der Waals surface area contributed by atoms with Crippen LogP contribution in [0.2, 0.25) is 0 Å². The molecule has 0 N–H and O–H groups in total. The van der Waals surface area contributed by atoms with Gasteiger partial charge in [0.05, 0.1) is 13.2 Å². The zero-order valence-electron chi connectivity index (χ0n) is 7.32. The van der Waals surface area contributed by atoms with Crippen LogP contribution < -0.4 is 0 Å². The lowest BCUT2D eigenvalue weighted by molar-refractivity contribution is -0.146. The molecule has 1 rings (SSSR count). The number of rotatable bonds is 2. The monoisotopic (exact) mass is 170 g/mol. The summed E-state index contributed by atoms with van der Waals surface area (Å²) >= 11 is 0. The highest BCUT2D eigenvalue weighted by Crippen LogP contribution is 2.00. The molecule has 68 valence electrons. The van der Waals surface area contributed by atoms with Crippen molar-refractivity contribution in [3.63, 3.8) is 0 Å². The first-order valence-electron chi connectivity index (χ1n) is 3.98. The molecule has 0 bridgehead atoms. The predicted molar refractivity (Wildman–Crippen MR) is 45.4 cm³/mol. The van der Waals surface area contributed by atoms with Crippen LogP contribution in [0.4, 0.5) is 0 Å². The molecule has 1 fully saturated rings. The third-order valence-corrected chi connectivity index (χ3v) is 1.91. The Morgan fingerprint density at radius 2 is 2.17 bits per heavy atom. The molecule has 1 aliphatic heterocycles. The second kappa shape index (κ2) is 4.23. The highest BCUT2D eigenvalue weighted by atomic mass is 16.5. The van der Waals surface area contributed by atoms with Crippen molar-refractivity contribution in [2.24, 2.45) is 0 Å². The fraction of sp³-hybridized carbons (Fsp3) is 0.625. The molecule has 0 spiro atoms. The third-order valence-electron chi connectivity index (χ3n) is 1.91. The first-order valence-corrected chi connectivity index (χ1v) is 3.98. The maximum absolute atomic E-state index is 11.1. The van der Waals surface area contributed by atoms with E-state index in [0.717, 1.165) is 13.1 Å². The van der Waals surface area contributed by atoms with Crippen molar-refractivity contribution in [2.75, 3.05) is 33.4 Å². The maximum atomic E-state index is 11.1. The van der Waals surface area contributed by atoms with Crippen molar-refractivity contribution < 1.29 is 9.53 Å². The number of carbonyl (C=O) groups excluding carboxylic acids is 1. The second-order valence-corrected chi connectivity index (χ2v) is 2.63. The summed E-state index contributed by atoms with van der Waals surface area (Å²) in [6.07, 6.45) is 1.31. The van der Waals surface area contributed by atoms with Gasteiger partial charge in [-0.3, -0.25) is 9.80 Å². The minimum Gasteiger partial charge on any atom is -0.379 e. The van der Waals surface area contributed by atoms with Crippen molar-refractivity contribution in [3.05, 3.63) is 12.7 Å². The van der Waals surface area contributed by atoms with Crippen LogP contribution in [0.15, 0.2) is 12.7 Å². The zero-order valence-corrected chi connectivity index (χ0v) is 7.32. The number of hydrazine groups is 1. The summed E-state index contributed by atoms with van der Waals surface area (Å²) < 4.78 is 5.16. The average molecular weight is 170 g/mol. The van der Waals surface area contributed by atoms with Gasteiger partial charge in [-0.1, -0.05) is 6.58 Å². The highest BCUT2D eigenvalue weighted by Gasteiger charge is 2.17. The van der Waals surface area contributed by atoms with E-state index in [0.29, 0.717) is 13.2 Å². The number of carbonyl (C=O) groups is 1. The van der Waals surface area contributed by atoms with Crippen molar-refractivity contribution >= 4 is 5.91 Å². The van der Waals surface area contributed by atoms with Gasteiger partial charge in [-0.15, -0.1) is 0 Å². The number of amides is 1. The topological polar surface area (TPSA) is 32.8 Å². The predicted octanol–water partition coefficient (Wildman–Crippen LogP) is -0.122. The number of hydrogen-bond donors (Lipinski definition) is 0. The number of morpholine rings is 1. The average Bonchev–Trinajstić information content (AvgIpc) is 2.17. The molecule has 1 heterocycles. The zero-order chi connectivity index (χ0) is 8.97. The molecular formula is C8H14N2O2. The van der Waals surface area contributed by atoms with Crippen LogP contribution in [0.1, 0.15) is 0 Å². The Morgan fingerprint density at radius 1 is 1.58 bits per heavy atom. The van der Waals surface area contributed by atoms with E-state index in [1.807, 2.05) is 5.01 Å². The first kappa shape index (κ1) is 9.22. The first-order chi connectivity index (χ1) is 5.75. The van der Waals surface area contributed by atoms with Crippen LogP contribution >= 0.6 is 0 Å². The minimum atomic E-state index is -0.0723. The number of nitrogens with zero attached hydrogens (tertiary/aromatic N) is 2. The van der Waals surface area contributed by atoms with E-state index >= 15 is 0 Å². The van der Waals surface area contributed by atoms with E-state index in [4.69, 9.17) is 4.74 Å². The summed E-state index contributed by atoms with van der Waals surface area (Å²) in [5, 5.41) is 3.53. The molecular weight excluding hydrogens is 156 g/mol. The summed E-state index contributed by atoms with van der Waals surface area (Å²) in [6, 6.07) is 0.